The molecule has 1 heterocycles. The fourth-order valence-corrected chi connectivity index (χ4v) is 3.05. The predicted molar refractivity (Wildman–Crippen MR) is 119 cm³/mol. The lowest BCUT2D eigenvalue weighted by molar-refractivity contribution is -0.116. The first-order valence-electron chi connectivity index (χ1n) is 9.96. The second kappa shape index (κ2) is 11.0. The van der Waals surface area contributed by atoms with Gasteiger partial charge in [-0.2, -0.15) is 0 Å². The normalized spacial score (nSPS) is 10.4. The fourth-order valence-electron chi connectivity index (χ4n) is 3.05. The minimum absolute atomic E-state index is 0.0852. The molecule has 32 heavy (non-hydrogen) atoms. The highest BCUT2D eigenvalue weighted by Gasteiger charge is 2.20. The van der Waals surface area contributed by atoms with Gasteiger partial charge in [0.25, 0.3) is 0 Å². The van der Waals surface area contributed by atoms with Gasteiger partial charge in [0.05, 0.1) is 20.8 Å². The molecular formula is C24H25FN2O5. The average molecular weight is 440 g/mol. The summed E-state index contributed by atoms with van der Waals surface area (Å²) in [5, 5.41) is 0. The molecule has 168 valence electrons. The van der Waals surface area contributed by atoms with Crippen molar-refractivity contribution >= 4 is 11.6 Å². The highest BCUT2D eigenvalue weighted by Crippen LogP contribution is 2.34. The Balaban J connectivity index is 1.93. The zero-order valence-corrected chi connectivity index (χ0v) is 18.2. The van der Waals surface area contributed by atoms with Crippen molar-refractivity contribution in [2.24, 2.45) is 0 Å². The molecule has 0 bridgehead atoms. The molecule has 0 spiro atoms. The SMILES string of the molecule is COc1ccc(Oc2ncccc2N(Cc2cc(OC)ccc2OCCF)C(C)=O)cc1. The summed E-state index contributed by atoms with van der Waals surface area (Å²) in [6, 6.07) is 15.7. The summed E-state index contributed by atoms with van der Waals surface area (Å²) in [4.78, 5) is 18.4. The number of carbonyl (C=O) groups excluding carboxylic acids is 1. The van der Waals surface area contributed by atoms with E-state index in [9.17, 15) is 9.18 Å². The summed E-state index contributed by atoms with van der Waals surface area (Å²) in [6.07, 6.45) is 1.59. The maximum absolute atomic E-state index is 12.7. The van der Waals surface area contributed by atoms with Crippen molar-refractivity contribution in [3.05, 3.63) is 66.4 Å². The number of pyridine rings is 1. The number of alkyl halides is 1. The topological polar surface area (TPSA) is 70.1 Å². The minimum atomic E-state index is -0.621. The van der Waals surface area contributed by atoms with Crippen LogP contribution in [0.5, 0.6) is 28.9 Å². The van der Waals surface area contributed by atoms with E-state index in [1.807, 2.05) is 0 Å². The molecule has 0 saturated carbocycles. The quantitative estimate of drug-likeness (QED) is 0.451. The van der Waals surface area contributed by atoms with Crippen LogP contribution in [0.2, 0.25) is 0 Å². The number of ether oxygens (including phenoxy) is 4. The molecule has 0 aliphatic rings. The van der Waals surface area contributed by atoms with Gasteiger partial charge < -0.3 is 23.8 Å². The van der Waals surface area contributed by atoms with E-state index >= 15 is 0 Å². The van der Waals surface area contributed by atoms with Crippen LogP contribution in [-0.2, 0) is 11.3 Å². The number of methoxy groups -OCH3 is 2. The summed E-state index contributed by atoms with van der Waals surface area (Å²) in [7, 11) is 3.13. The van der Waals surface area contributed by atoms with Gasteiger partial charge >= 0.3 is 0 Å². The Morgan fingerprint density at radius 1 is 1.00 bits per heavy atom. The summed E-state index contributed by atoms with van der Waals surface area (Å²) in [5.74, 6) is 2.34. The van der Waals surface area contributed by atoms with Crippen molar-refractivity contribution in [2.75, 3.05) is 32.4 Å². The molecular weight excluding hydrogens is 415 g/mol. The smallest absolute Gasteiger partial charge is 0.243 e. The largest absolute Gasteiger partial charge is 0.497 e. The number of hydrogen-bond donors (Lipinski definition) is 0. The highest BCUT2D eigenvalue weighted by molar-refractivity contribution is 5.92. The maximum atomic E-state index is 12.7. The number of nitrogens with zero attached hydrogens (tertiary/aromatic N) is 2. The van der Waals surface area contributed by atoms with E-state index in [4.69, 9.17) is 18.9 Å². The van der Waals surface area contributed by atoms with Crippen molar-refractivity contribution in [3.8, 4) is 28.9 Å². The van der Waals surface area contributed by atoms with Gasteiger partial charge in [-0.25, -0.2) is 9.37 Å². The Labute approximate surface area is 186 Å². The van der Waals surface area contributed by atoms with Gasteiger partial charge in [0.15, 0.2) is 0 Å². The van der Waals surface area contributed by atoms with E-state index in [0.29, 0.717) is 34.2 Å². The molecule has 8 heteroatoms. The summed E-state index contributed by atoms with van der Waals surface area (Å²) in [5.41, 5.74) is 1.14. The van der Waals surface area contributed by atoms with Crippen LogP contribution in [0.4, 0.5) is 10.1 Å². The first-order valence-corrected chi connectivity index (χ1v) is 9.96. The van der Waals surface area contributed by atoms with Crippen LogP contribution in [0.15, 0.2) is 60.8 Å². The predicted octanol–water partition coefficient (Wildman–Crippen LogP) is 4.79. The van der Waals surface area contributed by atoms with E-state index in [1.165, 1.54) is 11.8 Å². The van der Waals surface area contributed by atoms with E-state index in [1.54, 1.807) is 75.0 Å². The third-order valence-corrected chi connectivity index (χ3v) is 4.63. The summed E-state index contributed by atoms with van der Waals surface area (Å²) in [6.45, 7) is 0.897. The van der Waals surface area contributed by atoms with E-state index < -0.39 is 6.67 Å². The molecule has 0 fully saturated rings. The lowest BCUT2D eigenvalue weighted by Crippen LogP contribution is -2.28. The van der Waals surface area contributed by atoms with Crippen molar-refractivity contribution < 1.29 is 28.1 Å². The molecule has 0 aliphatic carbocycles. The van der Waals surface area contributed by atoms with E-state index in [0.717, 1.165) is 0 Å². The number of anilines is 1. The molecule has 7 nitrogen and oxygen atoms in total. The zero-order valence-electron chi connectivity index (χ0n) is 18.2. The first-order chi connectivity index (χ1) is 15.5. The number of benzene rings is 2. The molecule has 3 aromatic rings. The van der Waals surface area contributed by atoms with Gasteiger partial charge in [-0.15, -0.1) is 0 Å². The summed E-state index contributed by atoms with van der Waals surface area (Å²) >= 11 is 0. The molecule has 0 N–H and O–H groups in total. The van der Waals surface area contributed by atoms with Gasteiger partial charge in [-0.1, -0.05) is 0 Å². The van der Waals surface area contributed by atoms with Gasteiger partial charge in [0.1, 0.15) is 42.0 Å². The molecule has 1 amide bonds. The number of aromatic nitrogens is 1. The Kier molecular flexibility index (Phi) is 7.85. The van der Waals surface area contributed by atoms with Crippen LogP contribution in [-0.4, -0.2) is 38.4 Å². The van der Waals surface area contributed by atoms with Crippen LogP contribution in [0.1, 0.15) is 12.5 Å². The van der Waals surface area contributed by atoms with Crippen LogP contribution >= 0.6 is 0 Å². The molecule has 0 aliphatic heterocycles. The molecule has 1 aromatic heterocycles. The average Bonchev–Trinajstić information content (AvgIpc) is 2.82. The van der Waals surface area contributed by atoms with E-state index in [-0.39, 0.29) is 24.9 Å². The fraction of sp³-hybridized carbons (Fsp3) is 0.250. The Hall–Kier alpha value is -3.81. The minimum Gasteiger partial charge on any atom is -0.497 e. The molecule has 0 saturated heterocycles. The van der Waals surface area contributed by atoms with Crippen LogP contribution < -0.4 is 23.8 Å². The highest BCUT2D eigenvalue weighted by atomic mass is 19.1. The Bertz CT molecular complexity index is 1040. The van der Waals surface area contributed by atoms with Gasteiger partial charge in [0.2, 0.25) is 11.8 Å². The third kappa shape index (κ3) is 5.66. The van der Waals surface area contributed by atoms with Crippen molar-refractivity contribution in [2.45, 2.75) is 13.5 Å². The summed E-state index contributed by atoms with van der Waals surface area (Å²) < 4.78 is 34.6. The van der Waals surface area contributed by atoms with Crippen molar-refractivity contribution in [3.63, 3.8) is 0 Å². The van der Waals surface area contributed by atoms with Crippen LogP contribution in [0, 0.1) is 0 Å². The number of carbonyl (C=O) groups is 1. The third-order valence-electron chi connectivity index (χ3n) is 4.63. The molecule has 0 atom stereocenters. The number of rotatable bonds is 10. The van der Waals surface area contributed by atoms with Gasteiger partial charge in [-0.3, -0.25) is 4.79 Å². The van der Waals surface area contributed by atoms with Crippen LogP contribution in [0.25, 0.3) is 0 Å². The lowest BCUT2D eigenvalue weighted by atomic mass is 10.1. The van der Waals surface area contributed by atoms with Gasteiger partial charge in [0, 0.05) is 18.7 Å². The maximum Gasteiger partial charge on any atom is 0.243 e. The first kappa shape index (κ1) is 22.9. The molecule has 3 rings (SSSR count). The standard InChI is InChI=1S/C24H25FN2O5/c1-17(28)27(16-18-15-21(30-3)10-11-23(18)31-14-12-25)22-5-4-13-26-24(22)32-20-8-6-19(29-2)7-9-20/h4-11,13,15H,12,14,16H2,1-3H3. The molecule has 0 radical (unpaired) electrons. The van der Waals surface area contributed by atoms with E-state index in [2.05, 4.69) is 4.98 Å². The Morgan fingerprint density at radius 2 is 1.69 bits per heavy atom. The number of halogens is 1. The zero-order chi connectivity index (χ0) is 22.9. The molecule has 0 unspecified atom stereocenters. The van der Waals surface area contributed by atoms with Gasteiger partial charge in [-0.05, 0) is 54.6 Å². The van der Waals surface area contributed by atoms with Crippen molar-refractivity contribution in [1.82, 2.24) is 4.98 Å². The Morgan fingerprint density at radius 3 is 2.34 bits per heavy atom. The number of amides is 1. The van der Waals surface area contributed by atoms with Crippen molar-refractivity contribution in [1.29, 1.82) is 0 Å². The molecule has 2 aromatic carbocycles. The second-order valence-corrected chi connectivity index (χ2v) is 6.72. The lowest BCUT2D eigenvalue weighted by Gasteiger charge is -2.24. The number of hydrogen-bond acceptors (Lipinski definition) is 6. The second-order valence-electron chi connectivity index (χ2n) is 6.72. The monoisotopic (exact) mass is 440 g/mol. The van der Waals surface area contributed by atoms with Crippen LogP contribution in [0.3, 0.4) is 0 Å².